The molecule has 0 amide bonds. The third-order valence-electron chi connectivity index (χ3n) is 3.62. The Labute approximate surface area is 125 Å². The zero-order valence-electron chi connectivity index (χ0n) is 12.5. The number of hydrogen-bond acceptors (Lipinski definition) is 5. The summed E-state index contributed by atoms with van der Waals surface area (Å²) in [6.45, 7) is 0. The van der Waals surface area contributed by atoms with Gasteiger partial charge in [0.05, 0.1) is 21.3 Å². The number of methoxy groups -OCH3 is 3. The Kier molecular flexibility index (Phi) is 4.95. The predicted molar refractivity (Wildman–Crippen MR) is 78.7 cm³/mol. The minimum atomic E-state index is -3.71. The zero-order valence-corrected chi connectivity index (χ0v) is 13.3. The molecule has 0 saturated heterocycles. The third-order valence-corrected chi connectivity index (χ3v) is 5.20. The van der Waals surface area contributed by atoms with E-state index in [1.807, 2.05) is 0 Å². The van der Waals surface area contributed by atoms with E-state index in [4.69, 9.17) is 14.2 Å². The van der Waals surface area contributed by atoms with Crippen molar-refractivity contribution in [3.8, 4) is 17.2 Å². The normalized spacial score (nSPS) is 16.0. The first-order valence-corrected chi connectivity index (χ1v) is 8.32. The number of rotatable bonds is 6. The molecular formula is C14H21NO5S. The van der Waals surface area contributed by atoms with Crippen molar-refractivity contribution in [2.24, 2.45) is 0 Å². The summed E-state index contributed by atoms with van der Waals surface area (Å²) < 4.78 is 43.5. The fourth-order valence-electron chi connectivity index (χ4n) is 2.56. The van der Waals surface area contributed by atoms with Crippen LogP contribution in [0, 0.1) is 0 Å². The topological polar surface area (TPSA) is 73.9 Å². The molecule has 21 heavy (non-hydrogen) atoms. The van der Waals surface area contributed by atoms with Crippen molar-refractivity contribution in [3.05, 3.63) is 12.1 Å². The molecule has 1 aromatic carbocycles. The lowest BCUT2D eigenvalue weighted by molar-refractivity contribution is 0.358. The standard InChI is InChI=1S/C14H21NO5S/c1-18-11-8-12(19-2)14(13(9-11)20-3)21(16,17)15-10-6-4-5-7-10/h8-10,15H,4-7H2,1-3H3. The molecule has 0 unspecified atom stereocenters. The molecule has 6 nitrogen and oxygen atoms in total. The Morgan fingerprint density at radius 1 is 1.00 bits per heavy atom. The van der Waals surface area contributed by atoms with Crippen LogP contribution in [0.4, 0.5) is 0 Å². The molecule has 0 spiro atoms. The Bertz CT molecular complexity index is 568. The van der Waals surface area contributed by atoms with Crippen LogP contribution in [0.2, 0.25) is 0 Å². The fraction of sp³-hybridized carbons (Fsp3) is 0.571. The Balaban J connectivity index is 2.44. The van der Waals surface area contributed by atoms with Crippen LogP contribution < -0.4 is 18.9 Å². The molecule has 1 aromatic rings. The van der Waals surface area contributed by atoms with Gasteiger partial charge in [-0.15, -0.1) is 0 Å². The summed E-state index contributed by atoms with van der Waals surface area (Å²) in [6, 6.07) is 3.05. The average Bonchev–Trinajstić information content (AvgIpc) is 2.97. The van der Waals surface area contributed by atoms with Crippen LogP contribution in [-0.2, 0) is 10.0 Å². The summed E-state index contributed by atoms with van der Waals surface area (Å²) in [6.07, 6.45) is 3.81. The second-order valence-electron chi connectivity index (χ2n) is 4.96. The van der Waals surface area contributed by atoms with E-state index in [1.165, 1.54) is 33.5 Å². The second-order valence-corrected chi connectivity index (χ2v) is 6.61. The first kappa shape index (κ1) is 15.9. The molecule has 1 saturated carbocycles. The molecule has 0 bridgehead atoms. The summed E-state index contributed by atoms with van der Waals surface area (Å²) in [5, 5.41) is 0. The van der Waals surface area contributed by atoms with Crippen molar-refractivity contribution < 1.29 is 22.6 Å². The highest BCUT2D eigenvalue weighted by Gasteiger charge is 2.29. The van der Waals surface area contributed by atoms with E-state index in [9.17, 15) is 8.42 Å². The molecule has 0 radical (unpaired) electrons. The molecule has 7 heteroatoms. The van der Waals surface area contributed by atoms with E-state index < -0.39 is 10.0 Å². The number of hydrogen-bond donors (Lipinski definition) is 1. The Morgan fingerprint density at radius 2 is 1.52 bits per heavy atom. The molecule has 0 aliphatic heterocycles. The van der Waals surface area contributed by atoms with Crippen LogP contribution in [-0.4, -0.2) is 35.8 Å². The lowest BCUT2D eigenvalue weighted by atomic mass is 10.3. The van der Waals surface area contributed by atoms with E-state index >= 15 is 0 Å². The monoisotopic (exact) mass is 315 g/mol. The Hall–Kier alpha value is -1.47. The zero-order chi connectivity index (χ0) is 15.5. The molecule has 0 aromatic heterocycles. The van der Waals surface area contributed by atoms with Crippen molar-refractivity contribution in [1.29, 1.82) is 0 Å². The van der Waals surface area contributed by atoms with E-state index in [-0.39, 0.29) is 22.4 Å². The summed E-state index contributed by atoms with van der Waals surface area (Å²) >= 11 is 0. The van der Waals surface area contributed by atoms with Crippen molar-refractivity contribution in [1.82, 2.24) is 4.72 Å². The largest absolute Gasteiger partial charge is 0.496 e. The van der Waals surface area contributed by atoms with E-state index in [1.54, 1.807) is 0 Å². The minimum Gasteiger partial charge on any atom is -0.496 e. The molecule has 0 heterocycles. The van der Waals surface area contributed by atoms with Gasteiger partial charge < -0.3 is 14.2 Å². The smallest absolute Gasteiger partial charge is 0.248 e. The lowest BCUT2D eigenvalue weighted by Crippen LogP contribution is -2.33. The quantitative estimate of drug-likeness (QED) is 0.868. The molecule has 0 atom stereocenters. The van der Waals surface area contributed by atoms with Gasteiger partial charge in [0.15, 0.2) is 4.90 Å². The van der Waals surface area contributed by atoms with Gasteiger partial charge >= 0.3 is 0 Å². The number of nitrogens with one attached hydrogen (secondary N) is 1. The highest BCUT2D eigenvalue weighted by atomic mass is 32.2. The molecule has 2 rings (SSSR count). The van der Waals surface area contributed by atoms with Crippen LogP contribution in [0.25, 0.3) is 0 Å². The van der Waals surface area contributed by atoms with Crippen LogP contribution in [0.1, 0.15) is 25.7 Å². The summed E-state index contributed by atoms with van der Waals surface area (Å²) in [4.78, 5) is 0.0141. The SMILES string of the molecule is COc1cc(OC)c(S(=O)(=O)NC2CCCC2)c(OC)c1. The third kappa shape index (κ3) is 3.41. The lowest BCUT2D eigenvalue weighted by Gasteiger charge is -2.18. The van der Waals surface area contributed by atoms with Crippen LogP contribution in [0.3, 0.4) is 0 Å². The predicted octanol–water partition coefficient (Wildman–Crippen LogP) is 1.93. The molecule has 1 aliphatic rings. The van der Waals surface area contributed by atoms with Crippen molar-refractivity contribution in [2.45, 2.75) is 36.6 Å². The highest BCUT2D eigenvalue weighted by Crippen LogP contribution is 2.38. The first-order valence-electron chi connectivity index (χ1n) is 6.84. The molecular weight excluding hydrogens is 294 g/mol. The van der Waals surface area contributed by atoms with Gasteiger partial charge in [-0.1, -0.05) is 12.8 Å². The number of ether oxygens (including phenoxy) is 3. The van der Waals surface area contributed by atoms with E-state index in [2.05, 4.69) is 4.72 Å². The molecule has 1 fully saturated rings. The summed E-state index contributed by atoms with van der Waals surface area (Å²) in [7, 11) is 0.628. The number of sulfonamides is 1. The van der Waals surface area contributed by atoms with Gasteiger partial charge in [-0.2, -0.15) is 0 Å². The second kappa shape index (κ2) is 6.53. The number of benzene rings is 1. The maximum atomic E-state index is 12.6. The van der Waals surface area contributed by atoms with E-state index in [0.29, 0.717) is 5.75 Å². The van der Waals surface area contributed by atoms with Gasteiger partial charge in [-0.3, -0.25) is 0 Å². The van der Waals surface area contributed by atoms with Gasteiger partial charge in [-0.25, -0.2) is 13.1 Å². The molecule has 118 valence electrons. The van der Waals surface area contributed by atoms with Crippen molar-refractivity contribution in [2.75, 3.05) is 21.3 Å². The average molecular weight is 315 g/mol. The van der Waals surface area contributed by atoms with Gasteiger partial charge in [-0.05, 0) is 12.8 Å². The maximum absolute atomic E-state index is 12.6. The molecule has 1 aliphatic carbocycles. The van der Waals surface area contributed by atoms with Gasteiger partial charge in [0.1, 0.15) is 17.2 Å². The summed E-state index contributed by atoms with van der Waals surface area (Å²) in [5.41, 5.74) is 0. The Morgan fingerprint density at radius 3 is 1.95 bits per heavy atom. The van der Waals surface area contributed by atoms with Gasteiger partial charge in [0, 0.05) is 18.2 Å². The van der Waals surface area contributed by atoms with Gasteiger partial charge in [0.2, 0.25) is 10.0 Å². The first-order chi connectivity index (χ1) is 10.0. The highest BCUT2D eigenvalue weighted by molar-refractivity contribution is 7.89. The minimum absolute atomic E-state index is 0.0141. The maximum Gasteiger partial charge on any atom is 0.248 e. The van der Waals surface area contributed by atoms with Crippen molar-refractivity contribution >= 4 is 10.0 Å². The fourth-order valence-corrected chi connectivity index (χ4v) is 4.17. The van der Waals surface area contributed by atoms with Gasteiger partial charge in [0.25, 0.3) is 0 Å². The van der Waals surface area contributed by atoms with E-state index in [0.717, 1.165) is 25.7 Å². The molecule has 1 N–H and O–H groups in total. The van der Waals surface area contributed by atoms with Crippen LogP contribution in [0.5, 0.6) is 17.2 Å². The van der Waals surface area contributed by atoms with Crippen LogP contribution in [0.15, 0.2) is 17.0 Å². The van der Waals surface area contributed by atoms with Crippen molar-refractivity contribution in [3.63, 3.8) is 0 Å². The summed E-state index contributed by atoms with van der Waals surface area (Å²) in [5.74, 6) is 0.886. The van der Waals surface area contributed by atoms with Crippen LogP contribution >= 0.6 is 0 Å².